The molecule has 3 aromatic carbocycles. The van der Waals surface area contributed by atoms with Crippen molar-refractivity contribution < 1.29 is 23.2 Å². The Kier molecular flexibility index (Phi) is 9.61. The Hall–Kier alpha value is -4.96. The summed E-state index contributed by atoms with van der Waals surface area (Å²) in [5, 5.41) is 23.9. The number of carbonyl (C=O) groups excluding carboxylic acids is 1. The standard InChI is InChI=1S/C36H31ClF2N6O3S/c1-36(2,47)14-13-23-9-10-24(25-11-12-27(37)32-34(25)45(3)42-35(32)44-49-4)33(40-23)29(17-20-15-21(38)18-22(39)16-20)41-31(46)19-28-26-7-5-6-8-30(26)48-43-28/h5-12,15-16,18,29,47H,17,19H2,1-4H3,(H,41,46)(H,42,44). The number of amides is 1. The summed E-state index contributed by atoms with van der Waals surface area (Å²) in [7, 11) is 1.79. The van der Waals surface area contributed by atoms with Gasteiger partial charge in [-0.05, 0) is 74.2 Å². The zero-order chi connectivity index (χ0) is 34.9. The van der Waals surface area contributed by atoms with E-state index in [1.165, 1.54) is 24.1 Å². The van der Waals surface area contributed by atoms with Gasteiger partial charge < -0.3 is 19.7 Å². The minimum atomic E-state index is -1.30. The highest BCUT2D eigenvalue weighted by atomic mass is 35.5. The Labute approximate surface area is 290 Å². The number of aliphatic hydroxyl groups is 1. The number of aryl methyl sites for hydroxylation is 1. The number of pyridine rings is 1. The number of para-hydroxylation sites is 1. The zero-order valence-electron chi connectivity index (χ0n) is 26.9. The van der Waals surface area contributed by atoms with E-state index in [4.69, 9.17) is 21.1 Å². The Morgan fingerprint density at radius 2 is 1.84 bits per heavy atom. The molecule has 0 aliphatic carbocycles. The minimum absolute atomic E-state index is 0.0240. The first-order chi connectivity index (χ1) is 23.4. The molecular weight excluding hydrogens is 670 g/mol. The van der Waals surface area contributed by atoms with Crippen LogP contribution in [0.1, 0.15) is 42.5 Å². The molecule has 0 saturated heterocycles. The van der Waals surface area contributed by atoms with Crippen molar-refractivity contribution in [3.63, 3.8) is 0 Å². The minimum Gasteiger partial charge on any atom is -0.378 e. The van der Waals surface area contributed by atoms with Crippen molar-refractivity contribution in [2.45, 2.75) is 38.3 Å². The van der Waals surface area contributed by atoms with E-state index in [-0.39, 0.29) is 12.8 Å². The quantitative estimate of drug-likeness (QED) is 0.107. The lowest BCUT2D eigenvalue weighted by molar-refractivity contribution is -0.121. The van der Waals surface area contributed by atoms with Crippen LogP contribution < -0.4 is 10.0 Å². The molecule has 1 atom stereocenters. The van der Waals surface area contributed by atoms with E-state index in [1.54, 1.807) is 43.8 Å². The average Bonchev–Trinajstić information content (AvgIpc) is 3.60. The van der Waals surface area contributed by atoms with E-state index >= 15 is 0 Å². The first-order valence-electron chi connectivity index (χ1n) is 15.2. The molecule has 3 aromatic heterocycles. The molecule has 13 heteroatoms. The normalized spacial score (nSPS) is 12.2. The number of aromatic nitrogens is 4. The summed E-state index contributed by atoms with van der Waals surface area (Å²) in [5.41, 5.74) is 2.64. The molecule has 0 aliphatic heterocycles. The number of rotatable bonds is 9. The van der Waals surface area contributed by atoms with E-state index < -0.39 is 29.2 Å². The van der Waals surface area contributed by atoms with Crippen molar-refractivity contribution in [3.8, 4) is 23.0 Å². The molecule has 0 saturated carbocycles. The molecule has 49 heavy (non-hydrogen) atoms. The second kappa shape index (κ2) is 13.9. The highest BCUT2D eigenvalue weighted by Gasteiger charge is 2.26. The second-order valence-electron chi connectivity index (χ2n) is 11.9. The molecule has 0 bridgehead atoms. The summed E-state index contributed by atoms with van der Waals surface area (Å²) in [6, 6.07) is 16.6. The van der Waals surface area contributed by atoms with Gasteiger partial charge in [0.15, 0.2) is 11.4 Å². The number of nitrogens with zero attached hydrogens (tertiary/aromatic N) is 4. The van der Waals surface area contributed by atoms with Crippen molar-refractivity contribution in [2.24, 2.45) is 7.05 Å². The predicted octanol–water partition coefficient (Wildman–Crippen LogP) is 7.16. The lowest BCUT2D eigenvalue weighted by atomic mass is 9.93. The number of benzene rings is 3. The van der Waals surface area contributed by atoms with Crippen LogP contribution in [-0.2, 0) is 24.7 Å². The summed E-state index contributed by atoms with van der Waals surface area (Å²) in [6.45, 7) is 3.11. The number of halogens is 3. The molecular formula is C36H31ClF2N6O3S. The van der Waals surface area contributed by atoms with Gasteiger partial charge in [0.25, 0.3) is 0 Å². The average molecular weight is 701 g/mol. The van der Waals surface area contributed by atoms with Crippen molar-refractivity contribution in [1.82, 2.24) is 25.2 Å². The van der Waals surface area contributed by atoms with Crippen molar-refractivity contribution >= 4 is 57.1 Å². The van der Waals surface area contributed by atoms with E-state index in [0.717, 1.165) is 6.07 Å². The SMILES string of the molecule is CSNc1nn(C)c2c(-c3ccc(C#CC(C)(C)O)nc3C(Cc3cc(F)cc(F)c3)NC(=O)Cc3noc4ccccc34)ccc(Cl)c12. The molecule has 0 aliphatic rings. The summed E-state index contributed by atoms with van der Waals surface area (Å²) in [5.74, 6) is 4.32. The van der Waals surface area contributed by atoms with Gasteiger partial charge in [0.1, 0.15) is 28.6 Å². The van der Waals surface area contributed by atoms with Gasteiger partial charge in [-0.25, -0.2) is 13.8 Å². The van der Waals surface area contributed by atoms with E-state index in [0.29, 0.717) is 66.5 Å². The number of carbonyl (C=O) groups is 1. The highest BCUT2D eigenvalue weighted by molar-refractivity contribution is 7.99. The molecule has 3 N–H and O–H groups in total. The molecule has 6 rings (SSSR count). The zero-order valence-corrected chi connectivity index (χ0v) is 28.5. The summed E-state index contributed by atoms with van der Waals surface area (Å²) in [6.07, 6.45) is 1.72. The first kappa shape index (κ1) is 33.9. The third-order valence-electron chi connectivity index (χ3n) is 7.66. The second-order valence-corrected chi connectivity index (χ2v) is 13.0. The van der Waals surface area contributed by atoms with Gasteiger partial charge in [-0.1, -0.05) is 52.8 Å². The number of nitrogens with one attached hydrogen (secondary N) is 2. The largest absolute Gasteiger partial charge is 0.378 e. The van der Waals surface area contributed by atoms with Crippen LogP contribution in [0.2, 0.25) is 5.02 Å². The van der Waals surface area contributed by atoms with Crippen LogP contribution in [0, 0.1) is 23.5 Å². The van der Waals surface area contributed by atoms with Crippen molar-refractivity contribution in [2.75, 3.05) is 11.0 Å². The Morgan fingerprint density at radius 1 is 1.10 bits per heavy atom. The lowest BCUT2D eigenvalue weighted by Crippen LogP contribution is -2.32. The molecule has 1 amide bonds. The van der Waals surface area contributed by atoms with Gasteiger partial charge in [-0.15, -0.1) is 0 Å². The van der Waals surface area contributed by atoms with Crippen LogP contribution in [0.15, 0.2) is 71.3 Å². The van der Waals surface area contributed by atoms with Crippen LogP contribution in [0.25, 0.3) is 33.0 Å². The fourth-order valence-electron chi connectivity index (χ4n) is 5.66. The molecule has 6 aromatic rings. The topological polar surface area (TPSA) is 118 Å². The van der Waals surface area contributed by atoms with Gasteiger partial charge in [0.05, 0.1) is 34.1 Å². The maximum Gasteiger partial charge on any atom is 0.226 e. The molecule has 0 radical (unpaired) electrons. The van der Waals surface area contributed by atoms with Gasteiger partial charge in [0, 0.05) is 35.9 Å². The van der Waals surface area contributed by atoms with Crippen LogP contribution in [0.4, 0.5) is 14.6 Å². The van der Waals surface area contributed by atoms with Gasteiger partial charge in [0.2, 0.25) is 5.91 Å². The van der Waals surface area contributed by atoms with Gasteiger partial charge >= 0.3 is 0 Å². The Morgan fingerprint density at radius 3 is 2.57 bits per heavy atom. The van der Waals surface area contributed by atoms with Crippen molar-refractivity contribution in [3.05, 3.63) is 106 Å². The number of fused-ring (bicyclic) bond motifs is 2. The molecule has 0 fully saturated rings. The van der Waals surface area contributed by atoms with Crippen molar-refractivity contribution in [1.29, 1.82) is 0 Å². The number of hydrogen-bond donors (Lipinski definition) is 3. The summed E-state index contributed by atoms with van der Waals surface area (Å²) in [4.78, 5) is 18.7. The summed E-state index contributed by atoms with van der Waals surface area (Å²) >= 11 is 8.07. The van der Waals surface area contributed by atoms with Crippen LogP contribution in [0.3, 0.4) is 0 Å². The van der Waals surface area contributed by atoms with E-state index in [9.17, 15) is 18.7 Å². The van der Waals surface area contributed by atoms with Crippen LogP contribution in [-0.4, -0.2) is 42.8 Å². The highest BCUT2D eigenvalue weighted by Crippen LogP contribution is 2.40. The third kappa shape index (κ3) is 7.54. The van der Waals surface area contributed by atoms with Crippen LogP contribution >= 0.6 is 23.5 Å². The monoisotopic (exact) mass is 700 g/mol. The Bertz CT molecular complexity index is 2250. The van der Waals surface area contributed by atoms with Gasteiger partial charge in [-0.2, -0.15) is 5.10 Å². The maximum absolute atomic E-state index is 14.5. The molecule has 0 spiro atoms. The van der Waals surface area contributed by atoms with E-state index in [1.807, 2.05) is 36.6 Å². The van der Waals surface area contributed by atoms with Crippen LogP contribution in [0.5, 0.6) is 0 Å². The molecule has 9 nitrogen and oxygen atoms in total. The first-order valence-corrected chi connectivity index (χ1v) is 16.8. The lowest BCUT2D eigenvalue weighted by Gasteiger charge is -2.22. The fraction of sp³-hybridized carbons (Fsp3) is 0.222. The fourth-order valence-corrected chi connectivity index (χ4v) is 6.24. The third-order valence-corrected chi connectivity index (χ3v) is 8.37. The van der Waals surface area contributed by atoms with Gasteiger partial charge in [-0.3, -0.25) is 9.48 Å². The smallest absolute Gasteiger partial charge is 0.226 e. The molecule has 250 valence electrons. The predicted molar refractivity (Wildman–Crippen MR) is 188 cm³/mol. The summed E-state index contributed by atoms with van der Waals surface area (Å²) < 4.78 is 39.2. The number of hydrogen-bond acceptors (Lipinski definition) is 8. The van der Waals surface area contributed by atoms with E-state index in [2.05, 4.69) is 32.1 Å². The molecule has 3 heterocycles. The number of anilines is 1. The Balaban J connectivity index is 1.52. The molecule has 1 unspecified atom stereocenters. The maximum atomic E-state index is 14.5.